The molecule has 2 atom stereocenters. The van der Waals surface area contributed by atoms with Crippen molar-refractivity contribution in [3.05, 3.63) is 12.7 Å². The zero-order valence-corrected chi connectivity index (χ0v) is 11.5. The van der Waals surface area contributed by atoms with Gasteiger partial charge in [-0.15, -0.1) is 6.58 Å². The summed E-state index contributed by atoms with van der Waals surface area (Å²) < 4.78 is 0. The largest absolute Gasteiger partial charge is 0.481 e. The van der Waals surface area contributed by atoms with Gasteiger partial charge in [0.15, 0.2) is 0 Å². The van der Waals surface area contributed by atoms with E-state index in [9.17, 15) is 9.59 Å². The van der Waals surface area contributed by atoms with Crippen LogP contribution in [0.3, 0.4) is 0 Å². The lowest BCUT2D eigenvalue weighted by atomic mass is 10.1. The van der Waals surface area contributed by atoms with Gasteiger partial charge < -0.3 is 10.4 Å². The van der Waals surface area contributed by atoms with Crippen molar-refractivity contribution >= 4 is 11.9 Å². The fourth-order valence-electron chi connectivity index (χ4n) is 1.48. The molecule has 0 saturated heterocycles. The summed E-state index contributed by atoms with van der Waals surface area (Å²) in [5, 5.41) is 11.7. The molecule has 0 aromatic carbocycles. The Morgan fingerprint density at radius 1 is 1.44 bits per heavy atom. The normalized spacial score (nSPS) is 14.0. The molecule has 2 N–H and O–H groups in total. The molecule has 0 heterocycles. The number of hydrogen-bond acceptors (Lipinski definition) is 3. The maximum atomic E-state index is 11.7. The lowest BCUT2D eigenvalue weighted by molar-refractivity contribution is -0.142. The summed E-state index contributed by atoms with van der Waals surface area (Å²) in [5.74, 6) is -1.43. The summed E-state index contributed by atoms with van der Waals surface area (Å²) >= 11 is 0. The summed E-state index contributed by atoms with van der Waals surface area (Å²) in [4.78, 5) is 24.3. The Kier molecular flexibility index (Phi) is 8.03. The number of carbonyl (C=O) groups excluding carboxylic acids is 1. The summed E-state index contributed by atoms with van der Waals surface area (Å²) in [6, 6.07) is 0.139. The van der Waals surface area contributed by atoms with Crippen molar-refractivity contribution in [2.24, 2.45) is 5.92 Å². The Balaban J connectivity index is 4.30. The third-order valence-electron chi connectivity index (χ3n) is 2.73. The number of carbonyl (C=O) groups is 2. The molecule has 0 aromatic heterocycles. The van der Waals surface area contributed by atoms with E-state index in [1.165, 1.54) is 0 Å². The van der Waals surface area contributed by atoms with Gasteiger partial charge in [0.25, 0.3) is 0 Å². The molecule has 0 fully saturated rings. The molecule has 0 bridgehead atoms. The highest BCUT2D eigenvalue weighted by molar-refractivity contribution is 5.78. The first-order valence-corrected chi connectivity index (χ1v) is 6.26. The second-order valence-corrected chi connectivity index (χ2v) is 4.60. The number of carboxylic acid groups (broad SMARTS) is 1. The summed E-state index contributed by atoms with van der Waals surface area (Å²) in [6.07, 6.45) is 2.55. The van der Waals surface area contributed by atoms with Crippen molar-refractivity contribution in [1.29, 1.82) is 0 Å². The van der Waals surface area contributed by atoms with E-state index in [0.717, 1.165) is 6.42 Å². The molecule has 0 aliphatic heterocycles. The molecular weight excluding hydrogens is 232 g/mol. The fraction of sp³-hybridized carbons (Fsp3) is 0.692. The van der Waals surface area contributed by atoms with Crippen LogP contribution in [0.1, 0.15) is 27.2 Å². The van der Waals surface area contributed by atoms with Gasteiger partial charge >= 0.3 is 5.97 Å². The van der Waals surface area contributed by atoms with E-state index in [1.807, 2.05) is 13.8 Å². The van der Waals surface area contributed by atoms with Crippen LogP contribution in [0.2, 0.25) is 0 Å². The van der Waals surface area contributed by atoms with Crippen molar-refractivity contribution in [2.75, 3.05) is 19.6 Å². The SMILES string of the molecule is C=CCN(CC(=O)NC(C)CC)CC(C)C(=O)O. The molecule has 0 radical (unpaired) electrons. The number of amides is 1. The number of rotatable bonds is 9. The van der Waals surface area contributed by atoms with Gasteiger partial charge in [0.1, 0.15) is 0 Å². The average molecular weight is 256 g/mol. The number of carboxylic acids is 1. The highest BCUT2D eigenvalue weighted by Crippen LogP contribution is 2.01. The van der Waals surface area contributed by atoms with E-state index in [-0.39, 0.29) is 18.5 Å². The minimum absolute atomic E-state index is 0.0798. The summed E-state index contributed by atoms with van der Waals surface area (Å²) in [6.45, 7) is 10.2. The molecule has 0 saturated carbocycles. The predicted molar refractivity (Wildman–Crippen MR) is 71.3 cm³/mol. The average Bonchev–Trinajstić information content (AvgIpc) is 2.28. The number of aliphatic carboxylic acids is 1. The van der Waals surface area contributed by atoms with Crippen molar-refractivity contribution in [3.8, 4) is 0 Å². The van der Waals surface area contributed by atoms with Crippen molar-refractivity contribution < 1.29 is 14.7 Å². The predicted octanol–water partition coefficient (Wildman–Crippen LogP) is 1.11. The van der Waals surface area contributed by atoms with Gasteiger partial charge in [-0.25, -0.2) is 0 Å². The highest BCUT2D eigenvalue weighted by Gasteiger charge is 2.17. The number of nitrogens with one attached hydrogen (secondary N) is 1. The van der Waals surface area contributed by atoms with Gasteiger partial charge in [0, 0.05) is 19.1 Å². The molecule has 104 valence electrons. The van der Waals surface area contributed by atoms with E-state index in [4.69, 9.17) is 5.11 Å². The van der Waals surface area contributed by atoms with Gasteiger partial charge in [-0.05, 0) is 13.3 Å². The van der Waals surface area contributed by atoms with E-state index in [0.29, 0.717) is 13.1 Å². The van der Waals surface area contributed by atoms with Crippen LogP contribution in [0.4, 0.5) is 0 Å². The molecule has 18 heavy (non-hydrogen) atoms. The van der Waals surface area contributed by atoms with Crippen molar-refractivity contribution in [3.63, 3.8) is 0 Å². The Morgan fingerprint density at radius 3 is 2.50 bits per heavy atom. The smallest absolute Gasteiger partial charge is 0.307 e. The van der Waals surface area contributed by atoms with Crippen LogP contribution < -0.4 is 5.32 Å². The first-order chi connectivity index (χ1) is 8.40. The monoisotopic (exact) mass is 256 g/mol. The molecule has 5 nitrogen and oxygen atoms in total. The molecule has 5 heteroatoms. The second-order valence-electron chi connectivity index (χ2n) is 4.60. The first-order valence-electron chi connectivity index (χ1n) is 6.26. The van der Waals surface area contributed by atoms with Crippen LogP contribution in [0.15, 0.2) is 12.7 Å². The molecule has 0 spiro atoms. The van der Waals surface area contributed by atoms with Crippen molar-refractivity contribution in [2.45, 2.75) is 33.2 Å². The van der Waals surface area contributed by atoms with Crippen LogP contribution in [-0.2, 0) is 9.59 Å². The van der Waals surface area contributed by atoms with Gasteiger partial charge in [-0.1, -0.05) is 19.9 Å². The fourth-order valence-corrected chi connectivity index (χ4v) is 1.48. The highest BCUT2D eigenvalue weighted by atomic mass is 16.4. The number of nitrogens with zero attached hydrogens (tertiary/aromatic N) is 1. The van der Waals surface area contributed by atoms with E-state index in [1.54, 1.807) is 17.9 Å². The quantitative estimate of drug-likeness (QED) is 0.606. The number of hydrogen-bond donors (Lipinski definition) is 2. The maximum absolute atomic E-state index is 11.7. The van der Waals surface area contributed by atoms with Crippen LogP contribution in [0.5, 0.6) is 0 Å². The minimum atomic E-state index is -0.855. The standard InChI is InChI=1S/C13H24N2O3/c1-5-7-15(8-10(3)13(17)18)9-12(16)14-11(4)6-2/h5,10-11H,1,6-9H2,2-4H3,(H,14,16)(H,17,18). The van der Waals surface area contributed by atoms with Crippen LogP contribution in [0, 0.1) is 5.92 Å². The van der Waals surface area contributed by atoms with Gasteiger partial charge in [-0.2, -0.15) is 0 Å². The zero-order chi connectivity index (χ0) is 14.1. The first kappa shape index (κ1) is 16.6. The zero-order valence-electron chi connectivity index (χ0n) is 11.5. The summed E-state index contributed by atoms with van der Waals surface area (Å²) in [7, 11) is 0. The molecule has 2 unspecified atom stereocenters. The van der Waals surface area contributed by atoms with Gasteiger partial charge in [-0.3, -0.25) is 14.5 Å². The van der Waals surface area contributed by atoms with Crippen LogP contribution in [-0.4, -0.2) is 47.6 Å². The van der Waals surface area contributed by atoms with Gasteiger partial charge in [0.2, 0.25) is 5.91 Å². The van der Waals surface area contributed by atoms with Crippen molar-refractivity contribution in [1.82, 2.24) is 10.2 Å². The minimum Gasteiger partial charge on any atom is -0.481 e. The Labute approximate surface area is 109 Å². The lowest BCUT2D eigenvalue weighted by Crippen LogP contribution is -2.43. The molecule has 0 aliphatic carbocycles. The Bertz CT molecular complexity index is 292. The van der Waals surface area contributed by atoms with E-state index in [2.05, 4.69) is 11.9 Å². The topological polar surface area (TPSA) is 69.6 Å². The van der Waals surface area contributed by atoms with E-state index < -0.39 is 11.9 Å². The molecule has 0 rings (SSSR count). The molecular formula is C13H24N2O3. The lowest BCUT2D eigenvalue weighted by Gasteiger charge is -2.23. The second kappa shape index (κ2) is 8.69. The third kappa shape index (κ3) is 7.06. The summed E-state index contributed by atoms with van der Waals surface area (Å²) in [5.41, 5.74) is 0. The van der Waals surface area contributed by atoms with Crippen LogP contribution >= 0.6 is 0 Å². The maximum Gasteiger partial charge on any atom is 0.307 e. The Morgan fingerprint density at radius 2 is 2.06 bits per heavy atom. The molecule has 0 aliphatic rings. The molecule has 1 amide bonds. The van der Waals surface area contributed by atoms with E-state index >= 15 is 0 Å². The molecule has 0 aromatic rings. The van der Waals surface area contributed by atoms with Crippen LogP contribution in [0.25, 0.3) is 0 Å². The Hall–Kier alpha value is -1.36. The van der Waals surface area contributed by atoms with Gasteiger partial charge in [0.05, 0.1) is 12.5 Å². The third-order valence-corrected chi connectivity index (χ3v) is 2.73.